The van der Waals surface area contributed by atoms with Crippen LogP contribution in [0.4, 0.5) is 13.2 Å². The predicted octanol–water partition coefficient (Wildman–Crippen LogP) is 3.00. The van der Waals surface area contributed by atoms with Crippen LogP contribution < -0.4 is 0 Å². The lowest BCUT2D eigenvalue weighted by atomic mass is 9.78. The molecule has 0 spiro atoms. The number of hydrogen-bond donors (Lipinski definition) is 3. The molecule has 1 unspecified atom stereocenters. The number of aromatic hydroxyl groups is 2. The highest BCUT2D eigenvalue weighted by atomic mass is 19.4. The van der Waals surface area contributed by atoms with E-state index in [-0.39, 0.29) is 23.2 Å². The molecule has 9 heteroatoms. The van der Waals surface area contributed by atoms with Crippen LogP contribution in [-0.2, 0) is 22.1 Å². The third-order valence-electron chi connectivity index (χ3n) is 5.49. The van der Waals surface area contributed by atoms with E-state index >= 15 is 0 Å². The lowest BCUT2D eigenvalue weighted by molar-refractivity contribution is -0.137. The zero-order valence-corrected chi connectivity index (χ0v) is 14.3. The van der Waals surface area contributed by atoms with Gasteiger partial charge in [-0.05, 0) is 32.0 Å². The van der Waals surface area contributed by atoms with E-state index in [2.05, 4.69) is 0 Å². The van der Waals surface area contributed by atoms with E-state index in [0.29, 0.717) is 6.07 Å². The Hall–Kier alpha value is -2.70. The quantitative estimate of drug-likeness (QED) is 0.706. The van der Waals surface area contributed by atoms with Crippen LogP contribution in [0.2, 0.25) is 0 Å². The van der Waals surface area contributed by atoms with Gasteiger partial charge in [-0.3, -0.25) is 4.57 Å². The van der Waals surface area contributed by atoms with E-state index in [9.17, 15) is 28.5 Å². The first kappa shape index (κ1) is 17.7. The van der Waals surface area contributed by atoms with Gasteiger partial charge in [0.2, 0.25) is 11.8 Å². The minimum atomic E-state index is -4.78. The minimum Gasteiger partial charge on any atom is -0.494 e. The third kappa shape index (κ3) is 2.08. The molecule has 2 aromatic rings. The van der Waals surface area contributed by atoms with Crippen molar-refractivity contribution in [2.45, 2.75) is 43.8 Å². The first-order chi connectivity index (χ1) is 12.4. The molecule has 1 aromatic carbocycles. The molecule has 3 heterocycles. The van der Waals surface area contributed by atoms with Gasteiger partial charge in [0.05, 0.1) is 45.7 Å². The Bertz CT molecular complexity index is 1020. The van der Waals surface area contributed by atoms with Crippen LogP contribution in [0, 0.1) is 11.3 Å². The first-order valence-corrected chi connectivity index (χ1v) is 8.11. The van der Waals surface area contributed by atoms with E-state index in [4.69, 9.17) is 10.00 Å². The van der Waals surface area contributed by atoms with Crippen molar-refractivity contribution in [2.75, 3.05) is 0 Å². The van der Waals surface area contributed by atoms with Gasteiger partial charge in [0.1, 0.15) is 5.60 Å². The number of fused-ring (bicyclic) bond motifs is 5. The van der Waals surface area contributed by atoms with Crippen LogP contribution in [0.5, 0.6) is 11.8 Å². The average Bonchev–Trinajstić information content (AvgIpc) is 3.07. The van der Waals surface area contributed by atoms with E-state index in [0.717, 1.165) is 10.6 Å². The summed E-state index contributed by atoms with van der Waals surface area (Å²) < 4.78 is 46.5. The lowest BCUT2D eigenvalue weighted by Gasteiger charge is -2.25. The van der Waals surface area contributed by atoms with Gasteiger partial charge in [-0.15, -0.1) is 0 Å². The number of hydrogen-bond acceptors (Lipinski definition) is 5. The van der Waals surface area contributed by atoms with Gasteiger partial charge in [-0.25, -0.2) is 0 Å². The maximum atomic E-state index is 13.3. The SMILES string of the molecule is C[C@]12CC(O)[C@](C)(O1)c1c2c(O)n(-c2ccc(C#N)c(C(F)(F)F)c2)c1O. The molecule has 1 saturated heterocycles. The molecule has 4 rings (SSSR count). The van der Waals surface area contributed by atoms with Crippen molar-refractivity contribution in [3.63, 3.8) is 0 Å². The number of aliphatic hydroxyl groups excluding tert-OH is 1. The molecule has 0 radical (unpaired) electrons. The molecule has 2 aliphatic rings. The van der Waals surface area contributed by atoms with Crippen LogP contribution in [0.1, 0.15) is 42.5 Å². The topological polar surface area (TPSA) is 98.6 Å². The number of aromatic nitrogens is 1. The lowest BCUT2D eigenvalue weighted by Crippen LogP contribution is -2.32. The smallest absolute Gasteiger partial charge is 0.417 e. The fourth-order valence-electron chi connectivity index (χ4n) is 4.28. The number of nitrogens with zero attached hydrogens (tertiary/aromatic N) is 2. The van der Waals surface area contributed by atoms with Gasteiger partial charge < -0.3 is 20.1 Å². The standard InChI is InChI=1S/C18H15F3N2O4/c1-16-6-11(24)17(2,27-16)13-12(16)14(25)23(15(13)26)9-4-3-8(7-22)10(5-9)18(19,20)21/h3-5,11,24-26H,6H2,1-2H3/t11?,16-,17+/m1/s1. The third-order valence-corrected chi connectivity index (χ3v) is 5.49. The van der Waals surface area contributed by atoms with Crippen LogP contribution in [0.15, 0.2) is 18.2 Å². The Morgan fingerprint density at radius 1 is 1.22 bits per heavy atom. The Labute approximate surface area is 151 Å². The molecular formula is C18H15F3N2O4. The molecule has 6 nitrogen and oxygen atoms in total. The van der Waals surface area contributed by atoms with E-state index in [1.54, 1.807) is 13.8 Å². The Morgan fingerprint density at radius 2 is 1.85 bits per heavy atom. The zero-order valence-electron chi connectivity index (χ0n) is 14.3. The summed E-state index contributed by atoms with van der Waals surface area (Å²) in [5.74, 6) is -0.969. The number of ether oxygens (including phenoxy) is 1. The molecular weight excluding hydrogens is 365 g/mol. The van der Waals surface area contributed by atoms with E-state index in [1.165, 1.54) is 12.1 Å². The second kappa shape index (κ2) is 4.97. The highest BCUT2D eigenvalue weighted by molar-refractivity contribution is 5.62. The fraction of sp³-hybridized carbons (Fsp3) is 0.389. The predicted molar refractivity (Wildman–Crippen MR) is 85.2 cm³/mol. The van der Waals surface area contributed by atoms with Crippen LogP contribution in [0.25, 0.3) is 5.69 Å². The van der Waals surface area contributed by atoms with Gasteiger partial charge in [-0.1, -0.05) is 0 Å². The zero-order chi connectivity index (χ0) is 19.9. The number of benzene rings is 1. The monoisotopic (exact) mass is 380 g/mol. The van der Waals surface area contributed by atoms with Gasteiger partial charge in [0, 0.05) is 6.42 Å². The molecule has 1 aromatic heterocycles. The molecule has 3 atom stereocenters. The van der Waals surface area contributed by atoms with Gasteiger partial charge in [0.25, 0.3) is 0 Å². The van der Waals surface area contributed by atoms with E-state index in [1.807, 2.05) is 0 Å². The maximum absolute atomic E-state index is 13.3. The highest BCUT2D eigenvalue weighted by Gasteiger charge is 2.64. The molecule has 27 heavy (non-hydrogen) atoms. The fourth-order valence-corrected chi connectivity index (χ4v) is 4.28. The largest absolute Gasteiger partial charge is 0.494 e. The molecule has 2 aliphatic heterocycles. The number of nitriles is 1. The molecule has 2 bridgehead atoms. The molecule has 142 valence electrons. The average molecular weight is 380 g/mol. The Kier molecular flexibility index (Phi) is 3.26. The number of halogens is 3. The summed E-state index contributed by atoms with van der Waals surface area (Å²) in [6.07, 6.45) is -5.55. The first-order valence-electron chi connectivity index (χ1n) is 8.11. The second-order valence-corrected chi connectivity index (χ2v) is 7.23. The molecule has 0 aliphatic carbocycles. The number of rotatable bonds is 1. The van der Waals surface area contributed by atoms with Crippen LogP contribution in [-0.4, -0.2) is 26.0 Å². The van der Waals surface area contributed by atoms with Crippen LogP contribution >= 0.6 is 0 Å². The molecule has 3 N–H and O–H groups in total. The maximum Gasteiger partial charge on any atom is 0.417 e. The Morgan fingerprint density at radius 3 is 2.44 bits per heavy atom. The van der Waals surface area contributed by atoms with E-state index < -0.39 is 46.4 Å². The summed E-state index contributed by atoms with van der Waals surface area (Å²) in [6.45, 7) is 3.19. The van der Waals surface area contributed by atoms with Crippen molar-refractivity contribution < 1.29 is 33.2 Å². The Balaban J connectivity index is 1.98. The summed E-state index contributed by atoms with van der Waals surface area (Å²) in [5, 5.41) is 40.6. The summed E-state index contributed by atoms with van der Waals surface area (Å²) in [6, 6.07) is 4.35. The number of aliphatic hydroxyl groups is 1. The molecule has 0 saturated carbocycles. The van der Waals surface area contributed by atoms with Crippen molar-refractivity contribution >= 4 is 0 Å². The summed E-state index contributed by atoms with van der Waals surface area (Å²) in [7, 11) is 0. The van der Waals surface area contributed by atoms with Gasteiger partial charge in [0.15, 0.2) is 0 Å². The molecule has 1 fully saturated rings. The summed E-state index contributed by atoms with van der Waals surface area (Å²) in [4.78, 5) is 0. The number of alkyl halides is 3. The second-order valence-electron chi connectivity index (χ2n) is 7.23. The summed E-state index contributed by atoms with van der Waals surface area (Å²) >= 11 is 0. The summed E-state index contributed by atoms with van der Waals surface area (Å²) in [5.41, 5.74) is -3.86. The van der Waals surface area contributed by atoms with Gasteiger partial charge >= 0.3 is 6.18 Å². The highest BCUT2D eigenvalue weighted by Crippen LogP contribution is 2.64. The molecule has 0 amide bonds. The van der Waals surface area contributed by atoms with Crippen molar-refractivity contribution in [3.8, 4) is 23.5 Å². The van der Waals surface area contributed by atoms with Crippen molar-refractivity contribution in [3.05, 3.63) is 40.5 Å². The normalized spacial score (nSPS) is 29.0. The van der Waals surface area contributed by atoms with Crippen molar-refractivity contribution in [1.29, 1.82) is 5.26 Å². The minimum absolute atomic E-state index is 0.152. The van der Waals surface area contributed by atoms with Crippen molar-refractivity contribution in [1.82, 2.24) is 4.57 Å². The van der Waals surface area contributed by atoms with Gasteiger partial charge in [-0.2, -0.15) is 18.4 Å². The van der Waals surface area contributed by atoms with Crippen molar-refractivity contribution in [2.24, 2.45) is 0 Å². The van der Waals surface area contributed by atoms with Crippen LogP contribution in [0.3, 0.4) is 0 Å².